The molecule has 2 aliphatic heterocycles. The van der Waals surface area contributed by atoms with Crippen LogP contribution in [0.25, 0.3) is 16.7 Å². The van der Waals surface area contributed by atoms with Crippen molar-refractivity contribution in [3.63, 3.8) is 0 Å². The standard InChI is InChI=1S/C50H49N6O15PS2/c1-62-37-16-11-33(12-17-37)50(32-8-5-4-6-9-32,34-13-18-38(63-2)19-14-34)66-28-41-45(46(64-3)47(68-41)55-22-20-44(58)52-49(55)60)71-72(61,67-23-7-21-51)70-43-30-74-73-29-42(43)65-27-35-26-56(54-53-35)39-24-31-10-15-36(57)25-40(31)69-48(39)59/h4-6,8-20,22,24-26,41-43,45-47,57H,7,23,27-30H2,1-3H3,(H,52,58,60)/t41-,42-,43-,45-,46-,47?,72?/m1/s1. The molecular formula is C50H49N6O15PS2. The number of aromatic amines is 1. The Hall–Kier alpha value is -6.55. The lowest BCUT2D eigenvalue weighted by atomic mass is 9.80. The fourth-order valence-electron chi connectivity index (χ4n) is 8.58. The van der Waals surface area contributed by atoms with Gasteiger partial charge in [0.2, 0.25) is 0 Å². The van der Waals surface area contributed by atoms with Crippen molar-refractivity contribution in [2.75, 3.05) is 46.0 Å². The molecule has 0 aliphatic carbocycles. The highest BCUT2D eigenvalue weighted by Crippen LogP contribution is 2.56. The second-order valence-corrected chi connectivity index (χ2v) is 20.8. The zero-order valence-electron chi connectivity index (χ0n) is 39.9. The summed E-state index contributed by atoms with van der Waals surface area (Å²) in [5.41, 5.74) is -0.813. The van der Waals surface area contributed by atoms with Crippen LogP contribution < -0.4 is 26.3 Å². The first-order valence-electron chi connectivity index (χ1n) is 22.9. The molecule has 0 spiro atoms. The molecule has 0 bridgehead atoms. The normalized spacial score (nSPS) is 20.7. The Labute approximate surface area is 430 Å². The molecule has 2 saturated heterocycles. The predicted octanol–water partition coefficient (Wildman–Crippen LogP) is 6.66. The lowest BCUT2D eigenvalue weighted by molar-refractivity contribution is -0.0979. The number of ether oxygens (including phenoxy) is 6. The number of hydrogen-bond donors (Lipinski definition) is 2. The Morgan fingerprint density at radius 2 is 1.55 bits per heavy atom. The summed E-state index contributed by atoms with van der Waals surface area (Å²) in [6.45, 7) is -0.773. The van der Waals surface area contributed by atoms with Gasteiger partial charge in [-0.25, -0.2) is 18.8 Å². The van der Waals surface area contributed by atoms with E-state index >= 15 is 4.57 Å². The van der Waals surface area contributed by atoms with E-state index in [4.69, 9.17) is 46.4 Å². The maximum Gasteiger partial charge on any atom is 0.475 e. The monoisotopic (exact) mass is 1070 g/mol. The Bertz CT molecular complexity index is 3270. The smallest absolute Gasteiger partial charge is 0.475 e. The second-order valence-electron chi connectivity index (χ2n) is 16.7. The summed E-state index contributed by atoms with van der Waals surface area (Å²) in [6.07, 6.45) is -4.18. The number of phosphoric ester groups is 1. The highest BCUT2D eigenvalue weighted by atomic mass is 33.1. The van der Waals surface area contributed by atoms with E-state index in [-0.39, 0.29) is 49.0 Å². The van der Waals surface area contributed by atoms with Gasteiger partial charge in [0.05, 0.1) is 58.8 Å². The van der Waals surface area contributed by atoms with Gasteiger partial charge >= 0.3 is 19.1 Å². The van der Waals surface area contributed by atoms with Crippen LogP contribution in [0.3, 0.4) is 0 Å². The molecule has 7 atom stereocenters. The van der Waals surface area contributed by atoms with Crippen molar-refractivity contribution in [2.45, 2.75) is 55.4 Å². The molecule has 7 aromatic rings. The molecule has 3 aromatic heterocycles. The number of aromatic nitrogens is 5. The van der Waals surface area contributed by atoms with Crippen LogP contribution in [0.4, 0.5) is 0 Å². The van der Waals surface area contributed by atoms with E-state index in [0.29, 0.717) is 39.5 Å². The Balaban J connectivity index is 1.03. The molecule has 2 unspecified atom stereocenters. The zero-order chi connectivity index (χ0) is 51.8. The van der Waals surface area contributed by atoms with Crippen LogP contribution in [0.1, 0.15) is 35.0 Å². The summed E-state index contributed by atoms with van der Waals surface area (Å²) in [7, 11) is 2.65. The SMILES string of the molecule is COc1ccc(C(OC[C@H]2OC(n3ccc(=O)[nH]c3=O)[C@H](OC)[C@@H]2OP(=O)(OCCC#N)O[C@@H]2CSSC[C@H]2OCc2cn(-c3cc4ccc(O)cc4oc3=O)nn2)(c2ccccc2)c2ccc(OC)cc2)cc1. The van der Waals surface area contributed by atoms with E-state index in [1.54, 1.807) is 26.4 Å². The number of methoxy groups -OCH3 is 3. The van der Waals surface area contributed by atoms with Crippen molar-refractivity contribution in [1.82, 2.24) is 24.5 Å². The molecule has 0 amide bonds. The van der Waals surface area contributed by atoms with Crippen LogP contribution in [-0.2, 0) is 49.3 Å². The molecule has 21 nitrogen and oxygen atoms in total. The predicted molar refractivity (Wildman–Crippen MR) is 270 cm³/mol. The highest BCUT2D eigenvalue weighted by molar-refractivity contribution is 8.76. The number of phenolic OH excluding ortho intramolecular Hbond substituents is 1. The number of hydrogen-bond acceptors (Lipinski definition) is 20. The molecule has 2 fully saturated rings. The Morgan fingerprint density at radius 1 is 0.865 bits per heavy atom. The van der Waals surface area contributed by atoms with Gasteiger partial charge in [0.15, 0.2) is 11.9 Å². The Morgan fingerprint density at radius 3 is 2.22 bits per heavy atom. The maximum atomic E-state index is 15.4. The van der Waals surface area contributed by atoms with Gasteiger partial charge in [0.1, 0.15) is 58.5 Å². The molecule has 24 heteroatoms. The molecule has 386 valence electrons. The van der Waals surface area contributed by atoms with E-state index in [1.165, 1.54) is 57.9 Å². The average Bonchev–Trinajstić information content (AvgIpc) is 4.03. The third kappa shape index (κ3) is 11.4. The van der Waals surface area contributed by atoms with Crippen molar-refractivity contribution in [2.24, 2.45) is 0 Å². The number of nitrogens with one attached hydrogen (secondary N) is 1. The third-order valence-corrected chi connectivity index (χ3v) is 16.1. The van der Waals surface area contributed by atoms with Crippen molar-refractivity contribution in [3.05, 3.63) is 175 Å². The van der Waals surface area contributed by atoms with Gasteiger partial charge in [-0.15, -0.1) is 5.10 Å². The minimum atomic E-state index is -4.78. The molecule has 4 aromatic carbocycles. The summed E-state index contributed by atoms with van der Waals surface area (Å²) in [5.74, 6) is 1.77. The number of H-pyrrole nitrogens is 1. The largest absolute Gasteiger partial charge is 0.508 e. The van der Waals surface area contributed by atoms with E-state index in [2.05, 4.69) is 15.3 Å². The molecule has 74 heavy (non-hydrogen) atoms. The second kappa shape index (κ2) is 23.3. The minimum absolute atomic E-state index is 0.0559. The first-order valence-corrected chi connectivity index (χ1v) is 26.9. The number of fused-ring (bicyclic) bond motifs is 1. The van der Waals surface area contributed by atoms with Gasteiger partial charge in [-0.2, -0.15) is 5.26 Å². The fraction of sp³-hybridized carbons (Fsp3) is 0.320. The van der Waals surface area contributed by atoms with Crippen molar-refractivity contribution in [1.29, 1.82) is 5.26 Å². The van der Waals surface area contributed by atoms with E-state index < -0.39 is 67.0 Å². The number of phosphoric acid groups is 1. The van der Waals surface area contributed by atoms with E-state index in [0.717, 1.165) is 16.2 Å². The van der Waals surface area contributed by atoms with Gasteiger partial charge in [-0.3, -0.25) is 27.9 Å². The van der Waals surface area contributed by atoms with Crippen LogP contribution in [-0.4, -0.2) is 106 Å². The molecule has 0 saturated carbocycles. The molecule has 2 N–H and O–H groups in total. The van der Waals surface area contributed by atoms with E-state index in [9.17, 15) is 24.8 Å². The Kier molecular flexibility index (Phi) is 16.5. The van der Waals surface area contributed by atoms with Crippen molar-refractivity contribution < 1.29 is 56.1 Å². The van der Waals surface area contributed by atoms with Gasteiger partial charge in [0, 0.05) is 42.3 Å². The number of rotatable bonds is 21. The number of aromatic hydroxyl groups is 1. The summed E-state index contributed by atoms with van der Waals surface area (Å²) in [5, 5.41) is 28.2. The van der Waals surface area contributed by atoms with Crippen LogP contribution in [0, 0.1) is 11.3 Å². The van der Waals surface area contributed by atoms with Crippen LogP contribution in [0.15, 0.2) is 140 Å². The van der Waals surface area contributed by atoms with E-state index in [1.807, 2.05) is 84.9 Å². The number of phenols is 1. The van der Waals surface area contributed by atoms with Gasteiger partial charge in [-0.1, -0.05) is 81.4 Å². The first-order chi connectivity index (χ1) is 35.9. The summed E-state index contributed by atoms with van der Waals surface area (Å²) < 4.78 is 79.3. The number of nitrogens with zero attached hydrogens (tertiary/aromatic N) is 5. The van der Waals surface area contributed by atoms with Gasteiger partial charge in [-0.05, 0) is 59.2 Å². The van der Waals surface area contributed by atoms with Gasteiger partial charge in [0.25, 0.3) is 5.56 Å². The number of nitriles is 1. The average molecular weight is 1070 g/mol. The lowest BCUT2D eigenvalue weighted by Crippen LogP contribution is -2.42. The van der Waals surface area contributed by atoms with Crippen LogP contribution >= 0.6 is 29.4 Å². The maximum absolute atomic E-state index is 15.4. The summed E-state index contributed by atoms with van der Waals surface area (Å²) in [4.78, 5) is 40.9. The lowest BCUT2D eigenvalue weighted by Gasteiger charge is -2.37. The summed E-state index contributed by atoms with van der Waals surface area (Å²) >= 11 is 0. The zero-order valence-corrected chi connectivity index (χ0v) is 42.4. The van der Waals surface area contributed by atoms with Crippen LogP contribution in [0.2, 0.25) is 0 Å². The molecular weight excluding hydrogens is 1020 g/mol. The quantitative estimate of drug-likeness (QED) is 0.0251. The summed E-state index contributed by atoms with van der Waals surface area (Å²) in [6, 6.07) is 33.3. The van der Waals surface area contributed by atoms with Crippen molar-refractivity contribution >= 4 is 40.4 Å². The first kappa shape index (κ1) is 52.3. The molecule has 9 rings (SSSR count). The minimum Gasteiger partial charge on any atom is -0.508 e. The van der Waals surface area contributed by atoms with Crippen molar-refractivity contribution in [3.8, 4) is 29.0 Å². The van der Waals surface area contributed by atoms with Gasteiger partial charge < -0.3 is 37.9 Å². The topological polar surface area (TPSA) is 260 Å². The third-order valence-electron chi connectivity index (χ3n) is 12.2. The molecule has 0 radical (unpaired) electrons. The number of benzene rings is 4. The van der Waals surface area contributed by atoms with Crippen LogP contribution in [0.5, 0.6) is 17.2 Å². The highest BCUT2D eigenvalue weighted by Gasteiger charge is 2.53. The molecule has 5 heterocycles. The fourth-order valence-corrected chi connectivity index (χ4v) is 12.7. The molecule has 2 aliphatic rings.